The Morgan fingerprint density at radius 1 is 1.19 bits per heavy atom. The average Bonchev–Trinajstić information content (AvgIpc) is 2.91. The lowest BCUT2D eigenvalue weighted by Crippen LogP contribution is -2.05. The van der Waals surface area contributed by atoms with Crippen molar-refractivity contribution in [1.29, 1.82) is 0 Å². The lowest BCUT2D eigenvalue weighted by Gasteiger charge is -2.03. The summed E-state index contributed by atoms with van der Waals surface area (Å²) < 4.78 is 0. The maximum Gasteiger partial charge on any atom is 0.223 e. The number of rotatable bonds is 7. The summed E-state index contributed by atoms with van der Waals surface area (Å²) in [5.41, 5.74) is 9.19. The summed E-state index contributed by atoms with van der Waals surface area (Å²) in [7, 11) is 0. The summed E-state index contributed by atoms with van der Waals surface area (Å²) in [4.78, 5) is 15.4. The summed E-state index contributed by atoms with van der Waals surface area (Å²) in [6, 6.07) is 8.70. The maximum absolute atomic E-state index is 11.0. The van der Waals surface area contributed by atoms with E-state index in [1.54, 1.807) is 0 Å². The van der Waals surface area contributed by atoms with Crippen molar-refractivity contribution in [1.82, 2.24) is 4.98 Å². The summed E-state index contributed by atoms with van der Waals surface area (Å²) in [5, 5.41) is 5.39. The largest absolute Gasteiger partial charge is 0.330 e. The second-order valence-corrected chi connectivity index (χ2v) is 5.89. The van der Waals surface area contributed by atoms with Gasteiger partial charge >= 0.3 is 0 Å². The van der Waals surface area contributed by atoms with Crippen molar-refractivity contribution in [3.05, 3.63) is 46.5 Å². The minimum Gasteiger partial charge on any atom is -0.330 e. The minimum atomic E-state index is -0.0797. The molecule has 0 fully saturated rings. The SMILES string of the molecule is CC(=O)Nc1nc(CCc2ccc(CCCN)cc2)cs1. The smallest absolute Gasteiger partial charge is 0.223 e. The highest BCUT2D eigenvalue weighted by Gasteiger charge is 2.04. The Balaban J connectivity index is 1.84. The van der Waals surface area contributed by atoms with E-state index < -0.39 is 0 Å². The first-order valence-electron chi connectivity index (χ1n) is 7.17. The molecule has 0 aliphatic rings. The van der Waals surface area contributed by atoms with Crippen LogP contribution in [0.1, 0.15) is 30.2 Å². The van der Waals surface area contributed by atoms with Crippen LogP contribution in [-0.4, -0.2) is 17.4 Å². The van der Waals surface area contributed by atoms with Crippen molar-refractivity contribution >= 4 is 22.4 Å². The molecular formula is C16H21N3OS. The van der Waals surface area contributed by atoms with E-state index in [-0.39, 0.29) is 5.91 Å². The Labute approximate surface area is 129 Å². The molecule has 0 spiro atoms. The quantitative estimate of drug-likeness (QED) is 0.826. The number of anilines is 1. The number of hydrogen-bond acceptors (Lipinski definition) is 4. The molecule has 1 aromatic heterocycles. The van der Waals surface area contributed by atoms with E-state index in [0.717, 1.165) is 37.9 Å². The lowest BCUT2D eigenvalue weighted by molar-refractivity contribution is -0.114. The zero-order valence-electron chi connectivity index (χ0n) is 12.3. The number of benzene rings is 1. The van der Waals surface area contributed by atoms with Crippen LogP contribution in [-0.2, 0) is 24.1 Å². The van der Waals surface area contributed by atoms with Gasteiger partial charge < -0.3 is 11.1 Å². The van der Waals surface area contributed by atoms with Crippen molar-refractivity contribution in [2.45, 2.75) is 32.6 Å². The van der Waals surface area contributed by atoms with E-state index in [9.17, 15) is 4.79 Å². The monoisotopic (exact) mass is 303 g/mol. The third-order valence-corrected chi connectivity index (χ3v) is 4.00. The first kappa shape index (κ1) is 15.7. The number of carbonyl (C=O) groups is 1. The minimum absolute atomic E-state index is 0.0797. The number of nitrogens with two attached hydrogens (primary N) is 1. The molecule has 4 nitrogen and oxygen atoms in total. The van der Waals surface area contributed by atoms with Gasteiger partial charge in [-0.05, 0) is 43.4 Å². The van der Waals surface area contributed by atoms with E-state index in [2.05, 4.69) is 34.6 Å². The van der Waals surface area contributed by atoms with Crippen LogP contribution < -0.4 is 11.1 Å². The average molecular weight is 303 g/mol. The van der Waals surface area contributed by atoms with Gasteiger partial charge in [0.15, 0.2) is 5.13 Å². The number of nitrogens with zero attached hydrogens (tertiary/aromatic N) is 1. The van der Waals surface area contributed by atoms with Crippen LogP contribution in [0, 0.1) is 0 Å². The van der Waals surface area contributed by atoms with Crippen LogP contribution >= 0.6 is 11.3 Å². The third-order valence-electron chi connectivity index (χ3n) is 3.20. The summed E-state index contributed by atoms with van der Waals surface area (Å²) in [6.07, 6.45) is 3.92. The van der Waals surface area contributed by atoms with Crippen molar-refractivity contribution in [2.75, 3.05) is 11.9 Å². The highest BCUT2D eigenvalue weighted by atomic mass is 32.1. The maximum atomic E-state index is 11.0. The Morgan fingerprint density at radius 2 is 1.86 bits per heavy atom. The standard InChI is InChI=1S/C16H21N3OS/c1-12(20)18-16-19-15(11-21-16)9-8-14-6-4-13(5-7-14)3-2-10-17/h4-7,11H,2-3,8-10,17H2,1H3,(H,18,19,20). The van der Waals surface area contributed by atoms with E-state index in [1.165, 1.54) is 29.4 Å². The highest BCUT2D eigenvalue weighted by molar-refractivity contribution is 7.13. The molecule has 0 aliphatic carbocycles. The van der Waals surface area contributed by atoms with Gasteiger partial charge in [0.1, 0.15) is 0 Å². The summed E-state index contributed by atoms with van der Waals surface area (Å²) in [6.45, 7) is 2.23. The molecule has 1 heterocycles. The van der Waals surface area contributed by atoms with Crippen LogP contribution in [0.4, 0.5) is 5.13 Å². The van der Waals surface area contributed by atoms with E-state index >= 15 is 0 Å². The highest BCUT2D eigenvalue weighted by Crippen LogP contribution is 2.17. The zero-order chi connectivity index (χ0) is 15.1. The number of nitrogens with one attached hydrogen (secondary N) is 1. The molecule has 1 amide bonds. The zero-order valence-corrected chi connectivity index (χ0v) is 13.1. The van der Waals surface area contributed by atoms with Gasteiger partial charge in [0.2, 0.25) is 5.91 Å². The molecule has 0 radical (unpaired) electrons. The number of aryl methyl sites for hydroxylation is 3. The predicted molar refractivity (Wildman–Crippen MR) is 87.6 cm³/mol. The molecular weight excluding hydrogens is 282 g/mol. The van der Waals surface area contributed by atoms with Gasteiger partial charge in [-0.15, -0.1) is 11.3 Å². The second-order valence-electron chi connectivity index (χ2n) is 5.03. The predicted octanol–water partition coefficient (Wildman–Crippen LogP) is 2.78. The van der Waals surface area contributed by atoms with Gasteiger partial charge in [0.05, 0.1) is 5.69 Å². The molecule has 112 valence electrons. The molecule has 21 heavy (non-hydrogen) atoms. The number of amides is 1. The van der Waals surface area contributed by atoms with Crippen LogP contribution in [0.3, 0.4) is 0 Å². The number of aromatic nitrogens is 1. The normalized spacial score (nSPS) is 10.6. The number of hydrogen-bond donors (Lipinski definition) is 2. The second kappa shape index (κ2) is 7.90. The van der Waals surface area contributed by atoms with E-state index in [4.69, 9.17) is 5.73 Å². The molecule has 0 unspecified atom stereocenters. The summed E-state index contributed by atoms with van der Waals surface area (Å²) >= 11 is 1.47. The molecule has 0 aliphatic heterocycles. The molecule has 5 heteroatoms. The number of thiazole rings is 1. The number of carbonyl (C=O) groups excluding carboxylic acids is 1. The van der Waals surface area contributed by atoms with Crippen LogP contribution in [0.15, 0.2) is 29.6 Å². The van der Waals surface area contributed by atoms with Gasteiger partial charge in [-0.3, -0.25) is 4.79 Å². The fraction of sp³-hybridized carbons (Fsp3) is 0.375. The van der Waals surface area contributed by atoms with Crippen molar-refractivity contribution in [2.24, 2.45) is 5.73 Å². The van der Waals surface area contributed by atoms with Gasteiger partial charge in [0.25, 0.3) is 0 Å². The molecule has 3 N–H and O–H groups in total. The van der Waals surface area contributed by atoms with Crippen molar-refractivity contribution < 1.29 is 4.79 Å². The Kier molecular flexibility index (Phi) is 5.90. The van der Waals surface area contributed by atoms with E-state index in [1.807, 2.05) is 5.38 Å². The van der Waals surface area contributed by atoms with Crippen LogP contribution in [0.2, 0.25) is 0 Å². The fourth-order valence-electron chi connectivity index (χ4n) is 2.08. The molecule has 0 saturated carbocycles. The molecule has 1 aromatic carbocycles. The summed E-state index contributed by atoms with van der Waals surface area (Å²) in [5.74, 6) is -0.0797. The topological polar surface area (TPSA) is 68.0 Å². The van der Waals surface area contributed by atoms with Gasteiger partial charge in [-0.25, -0.2) is 4.98 Å². The van der Waals surface area contributed by atoms with Crippen molar-refractivity contribution in [3.63, 3.8) is 0 Å². The molecule has 2 aromatic rings. The lowest BCUT2D eigenvalue weighted by atomic mass is 10.0. The van der Waals surface area contributed by atoms with Crippen molar-refractivity contribution in [3.8, 4) is 0 Å². The first-order valence-corrected chi connectivity index (χ1v) is 8.05. The Morgan fingerprint density at radius 3 is 2.48 bits per heavy atom. The van der Waals surface area contributed by atoms with Crippen LogP contribution in [0.5, 0.6) is 0 Å². The Hall–Kier alpha value is -1.72. The molecule has 0 saturated heterocycles. The fourth-order valence-corrected chi connectivity index (χ4v) is 2.87. The van der Waals surface area contributed by atoms with Gasteiger partial charge in [-0.1, -0.05) is 24.3 Å². The third kappa shape index (κ3) is 5.28. The molecule has 0 bridgehead atoms. The Bertz CT molecular complexity index is 577. The molecule has 0 atom stereocenters. The van der Waals surface area contributed by atoms with Gasteiger partial charge in [-0.2, -0.15) is 0 Å². The van der Waals surface area contributed by atoms with E-state index in [0.29, 0.717) is 5.13 Å². The first-order chi connectivity index (χ1) is 10.2. The van der Waals surface area contributed by atoms with Crippen LogP contribution in [0.25, 0.3) is 0 Å². The molecule has 2 rings (SSSR count). The van der Waals surface area contributed by atoms with Gasteiger partial charge in [0, 0.05) is 12.3 Å².